The van der Waals surface area contributed by atoms with Crippen LogP contribution in [0.5, 0.6) is 0 Å². The van der Waals surface area contributed by atoms with Crippen LogP contribution in [0.3, 0.4) is 0 Å². The highest BCUT2D eigenvalue weighted by Gasteiger charge is 2.25. The molecule has 0 aliphatic carbocycles. The second kappa shape index (κ2) is 6.42. The first-order valence-corrected chi connectivity index (χ1v) is 9.50. The van der Waals surface area contributed by atoms with Crippen molar-refractivity contribution in [3.8, 4) is 22.3 Å². The fraction of sp³-hybridized carbons (Fsp3) is 0.105. The van der Waals surface area contributed by atoms with Crippen LogP contribution in [0.4, 0.5) is 4.39 Å². The van der Waals surface area contributed by atoms with Crippen molar-refractivity contribution in [2.24, 2.45) is 0 Å². The van der Waals surface area contributed by atoms with Gasteiger partial charge in [-0.25, -0.2) is 17.6 Å². The number of carboxylic acid groups (broad SMARTS) is 1. The van der Waals surface area contributed by atoms with Crippen molar-refractivity contribution in [1.82, 2.24) is 0 Å². The molecule has 0 aliphatic heterocycles. The van der Waals surface area contributed by atoms with E-state index in [1.165, 1.54) is 48.5 Å². The van der Waals surface area contributed by atoms with Gasteiger partial charge in [0.15, 0.2) is 9.84 Å². The van der Waals surface area contributed by atoms with Crippen molar-refractivity contribution in [3.63, 3.8) is 0 Å². The first kappa shape index (κ1) is 17.9. The molecular formula is C19H15FO5S. The number of carbonyl (C=O) groups is 1. The Morgan fingerprint density at radius 3 is 1.96 bits per heavy atom. The van der Waals surface area contributed by atoms with E-state index in [0.29, 0.717) is 28.0 Å². The van der Waals surface area contributed by atoms with Gasteiger partial charge in [0.05, 0.1) is 4.90 Å². The number of carboxylic acids is 1. The minimum absolute atomic E-state index is 0.127. The standard InChI is InChI=1S/C19H15FO5S/c1-11-16(12-3-7-14(20)8-4-12)17(18(25-11)19(21)22)13-5-9-15(10-6-13)26(2,23)24/h3-10H,1-2H3,(H,21,22). The fourth-order valence-electron chi connectivity index (χ4n) is 2.80. The van der Waals surface area contributed by atoms with E-state index in [-0.39, 0.29) is 10.7 Å². The molecule has 0 saturated heterocycles. The van der Waals surface area contributed by atoms with E-state index in [4.69, 9.17) is 4.42 Å². The Morgan fingerprint density at radius 1 is 0.962 bits per heavy atom. The van der Waals surface area contributed by atoms with Crippen LogP contribution in [0.15, 0.2) is 57.8 Å². The molecule has 1 heterocycles. The largest absolute Gasteiger partial charge is 0.475 e. The van der Waals surface area contributed by atoms with Gasteiger partial charge in [-0.05, 0) is 42.3 Å². The molecule has 0 amide bonds. The van der Waals surface area contributed by atoms with Gasteiger partial charge in [-0.2, -0.15) is 0 Å². The lowest BCUT2D eigenvalue weighted by molar-refractivity contribution is 0.0662. The number of aryl methyl sites for hydroxylation is 1. The second-order valence-electron chi connectivity index (χ2n) is 5.85. The summed E-state index contributed by atoms with van der Waals surface area (Å²) in [5.74, 6) is -1.54. The molecule has 2 aromatic carbocycles. The Labute approximate surface area is 149 Å². The zero-order valence-electron chi connectivity index (χ0n) is 14.0. The minimum atomic E-state index is -3.37. The van der Waals surface area contributed by atoms with Gasteiger partial charge in [-0.3, -0.25) is 0 Å². The zero-order valence-corrected chi connectivity index (χ0v) is 14.8. The van der Waals surface area contributed by atoms with Gasteiger partial charge in [0.25, 0.3) is 0 Å². The number of hydrogen-bond acceptors (Lipinski definition) is 4. The smallest absolute Gasteiger partial charge is 0.372 e. The summed E-state index contributed by atoms with van der Waals surface area (Å²) in [4.78, 5) is 11.7. The molecule has 0 unspecified atom stereocenters. The quantitative estimate of drug-likeness (QED) is 0.741. The van der Waals surface area contributed by atoms with Crippen LogP contribution in [-0.4, -0.2) is 25.7 Å². The molecule has 5 nitrogen and oxygen atoms in total. The minimum Gasteiger partial charge on any atom is -0.475 e. The van der Waals surface area contributed by atoms with E-state index < -0.39 is 21.6 Å². The van der Waals surface area contributed by atoms with Crippen LogP contribution >= 0.6 is 0 Å². The van der Waals surface area contributed by atoms with Gasteiger partial charge in [0.2, 0.25) is 5.76 Å². The lowest BCUT2D eigenvalue weighted by Gasteiger charge is -2.07. The normalized spacial score (nSPS) is 11.5. The monoisotopic (exact) mass is 374 g/mol. The average molecular weight is 374 g/mol. The van der Waals surface area contributed by atoms with Crippen LogP contribution < -0.4 is 0 Å². The van der Waals surface area contributed by atoms with E-state index >= 15 is 0 Å². The zero-order chi connectivity index (χ0) is 19.1. The molecule has 0 atom stereocenters. The molecular weight excluding hydrogens is 359 g/mol. The molecule has 1 aromatic heterocycles. The number of halogens is 1. The Hall–Kier alpha value is -2.93. The summed E-state index contributed by atoms with van der Waals surface area (Å²) in [6.45, 7) is 1.62. The highest BCUT2D eigenvalue weighted by Crippen LogP contribution is 2.40. The second-order valence-corrected chi connectivity index (χ2v) is 7.86. The van der Waals surface area contributed by atoms with Crippen molar-refractivity contribution < 1.29 is 27.1 Å². The van der Waals surface area contributed by atoms with Crippen LogP contribution in [-0.2, 0) is 9.84 Å². The van der Waals surface area contributed by atoms with Gasteiger partial charge in [-0.1, -0.05) is 24.3 Å². The molecule has 0 bridgehead atoms. The molecule has 0 radical (unpaired) electrons. The highest BCUT2D eigenvalue weighted by molar-refractivity contribution is 7.90. The summed E-state index contributed by atoms with van der Waals surface area (Å²) in [6, 6.07) is 11.5. The molecule has 0 spiro atoms. The van der Waals surface area contributed by atoms with E-state index in [1.54, 1.807) is 6.92 Å². The average Bonchev–Trinajstić information content (AvgIpc) is 2.92. The maximum Gasteiger partial charge on any atom is 0.372 e. The molecule has 134 valence electrons. The molecule has 0 aliphatic rings. The number of rotatable bonds is 4. The molecule has 26 heavy (non-hydrogen) atoms. The van der Waals surface area contributed by atoms with Gasteiger partial charge in [0.1, 0.15) is 11.6 Å². The predicted octanol–water partition coefficient (Wildman–Crippen LogP) is 4.16. The molecule has 7 heteroatoms. The molecule has 1 N–H and O–H groups in total. The van der Waals surface area contributed by atoms with Crippen LogP contribution in [0.25, 0.3) is 22.3 Å². The first-order valence-electron chi connectivity index (χ1n) is 7.61. The lowest BCUT2D eigenvalue weighted by Crippen LogP contribution is -1.98. The SMILES string of the molecule is Cc1oc(C(=O)O)c(-c2ccc(S(C)(=O)=O)cc2)c1-c1ccc(F)cc1. The predicted molar refractivity (Wildman–Crippen MR) is 94.3 cm³/mol. The lowest BCUT2D eigenvalue weighted by atomic mass is 9.95. The summed E-state index contributed by atoms with van der Waals surface area (Å²) in [5, 5.41) is 9.49. The summed E-state index contributed by atoms with van der Waals surface area (Å²) in [5.41, 5.74) is 1.93. The number of benzene rings is 2. The maximum absolute atomic E-state index is 13.2. The van der Waals surface area contributed by atoms with Crippen LogP contribution in [0.1, 0.15) is 16.3 Å². The topological polar surface area (TPSA) is 84.6 Å². The summed E-state index contributed by atoms with van der Waals surface area (Å²) in [6.07, 6.45) is 1.09. The third kappa shape index (κ3) is 3.25. The molecule has 0 saturated carbocycles. The Balaban J connectivity index is 2.25. The third-order valence-electron chi connectivity index (χ3n) is 3.98. The Bertz CT molecular complexity index is 1080. The molecule has 3 aromatic rings. The summed E-state index contributed by atoms with van der Waals surface area (Å²) < 4.78 is 41.9. The van der Waals surface area contributed by atoms with Gasteiger partial charge in [0, 0.05) is 17.4 Å². The van der Waals surface area contributed by atoms with Crippen molar-refractivity contribution in [3.05, 3.63) is 65.9 Å². The van der Waals surface area contributed by atoms with Crippen molar-refractivity contribution in [2.45, 2.75) is 11.8 Å². The van der Waals surface area contributed by atoms with E-state index in [2.05, 4.69) is 0 Å². The van der Waals surface area contributed by atoms with Gasteiger partial charge >= 0.3 is 5.97 Å². The number of sulfone groups is 1. The molecule has 0 fully saturated rings. The van der Waals surface area contributed by atoms with Crippen molar-refractivity contribution in [1.29, 1.82) is 0 Å². The fourth-order valence-corrected chi connectivity index (χ4v) is 3.43. The summed E-state index contributed by atoms with van der Waals surface area (Å²) >= 11 is 0. The van der Waals surface area contributed by atoms with Crippen molar-refractivity contribution in [2.75, 3.05) is 6.26 Å². The van der Waals surface area contributed by atoms with Gasteiger partial charge in [-0.15, -0.1) is 0 Å². The number of aromatic carboxylic acids is 1. The van der Waals surface area contributed by atoms with Gasteiger partial charge < -0.3 is 9.52 Å². The Morgan fingerprint density at radius 2 is 1.46 bits per heavy atom. The Kier molecular flexibility index (Phi) is 4.41. The van der Waals surface area contributed by atoms with E-state index in [9.17, 15) is 22.7 Å². The van der Waals surface area contributed by atoms with E-state index in [1.807, 2.05) is 0 Å². The van der Waals surface area contributed by atoms with Crippen LogP contribution in [0.2, 0.25) is 0 Å². The van der Waals surface area contributed by atoms with Crippen molar-refractivity contribution >= 4 is 15.8 Å². The maximum atomic E-state index is 13.2. The third-order valence-corrected chi connectivity index (χ3v) is 5.11. The summed E-state index contributed by atoms with van der Waals surface area (Å²) in [7, 11) is -3.37. The highest BCUT2D eigenvalue weighted by atomic mass is 32.2. The van der Waals surface area contributed by atoms with Crippen LogP contribution in [0, 0.1) is 12.7 Å². The number of furan rings is 1. The number of hydrogen-bond donors (Lipinski definition) is 1. The first-order chi connectivity index (χ1) is 12.2. The molecule has 3 rings (SSSR count). The van der Waals surface area contributed by atoms with E-state index in [0.717, 1.165) is 6.26 Å².